The minimum atomic E-state index is -0.151. The quantitative estimate of drug-likeness (QED) is 0.692. The molecule has 1 aromatic heterocycles. The largest absolute Gasteiger partial charge is 0.307 e. The van der Waals surface area contributed by atoms with Gasteiger partial charge in [-0.15, -0.1) is 0 Å². The summed E-state index contributed by atoms with van der Waals surface area (Å²) in [4.78, 5) is 12.5. The molecule has 0 bridgehead atoms. The van der Waals surface area contributed by atoms with Crippen LogP contribution in [0.1, 0.15) is 22.4 Å². The topological polar surface area (TPSA) is 46.9 Å². The number of carbonyl (C=O) groups is 1. The van der Waals surface area contributed by atoms with Crippen molar-refractivity contribution in [1.82, 2.24) is 9.78 Å². The Balaban J connectivity index is 1.62. The van der Waals surface area contributed by atoms with E-state index < -0.39 is 0 Å². The molecule has 4 rings (SSSR count). The van der Waals surface area contributed by atoms with Crippen molar-refractivity contribution in [3.05, 3.63) is 83.1 Å². The van der Waals surface area contributed by atoms with Gasteiger partial charge in [0.1, 0.15) is 5.82 Å². The number of nitrogens with one attached hydrogen (secondary N) is 1. The van der Waals surface area contributed by atoms with Crippen LogP contribution < -0.4 is 5.32 Å². The Labute approximate surface area is 156 Å². The number of amides is 1. The Morgan fingerprint density at radius 2 is 1.88 bits per heavy atom. The summed E-state index contributed by atoms with van der Waals surface area (Å²) in [5, 5.41) is 7.75. The minimum absolute atomic E-state index is 0.151. The van der Waals surface area contributed by atoms with Crippen LogP contribution in [-0.2, 0) is 16.3 Å². The van der Waals surface area contributed by atoms with Crippen molar-refractivity contribution in [2.24, 2.45) is 0 Å². The molecule has 1 N–H and O–H groups in total. The maximum Gasteiger partial charge on any atom is 0.249 e. The van der Waals surface area contributed by atoms with Crippen LogP contribution in [-0.4, -0.2) is 15.7 Å². The molecule has 0 atom stereocenters. The molecule has 2 aromatic carbocycles. The van der Waals surface area contributed by atoms with Crippen LogP contribution in [0.3, 0.4) is 0 Å². The van der Waals surface area contributed by atoms with E-state index in [1.807, 2.05) is 65.0 Å². The summed E-state index contributed by atoms with van der Waals surface area (Å²) in [5.74, 6) is 2.38. The molecule has 130 valence electrons. The van der Waals surface area contributed by atoms with Gasteiger partial charge in [-0.2, -0.15) is 16.9 Å². The number of thioether (sulfide) groups is 1. The summed E-state index contributed by atoms with van der Waals surface area (Å²) < 4.78 is 1.85. The molecule has 0 saturated heterocycles. The van der Waals surface area contributed by atoms with Crippen molar-refractivity contribution in [2.75, 3.05) is 5.32 Å². The van der Waals surface area contributed by atoms with Crippen molar-refractivity contribution in [3.63, 3.8) is 0 Å². The maximum absolute atomic E-state index is 12.5. The van der Waals surface area contributed by atoms with Crippen molar-refractivity contribution >= 4 is 29.6 Å². The predicted octanol–water partition coefficient (Wildman–Crippen LogP) is 4.58. The van der Waals surface area contributed by atoms with Gasteiger partial charge in [0.25, 0.3) is 0 Å². The second-order valence-corrected chi connectivity index (χ2v) is 7.23. The first-order valence-corrected chi connectivity index (χ1v) is 9.66. The molecule has 3 aromatic rings. The van der Waals surface area contributed by atoms with Crippen LogP contribution >= 0.6 is 11.8 Å². The number of rotatable bonds is 4. The van der Waals surface area contributed by atoms with Crippen LogP contribution in [0.25, 0.3) is 11.8 Å². The number of nitrogens with zero attached hydrogens (tertiary/aromatic N) is 2. The van der Waals surface area contributed by atoms with E-state index in [4.69, 9.17) is 5.10 Å². The molecule has 4 nitrogen and oxygen atoms in total. The fourth-order valence-electron chi connectivity index (χ4n) is 2.91. The third-order valence-corrected chi connectivity index (χ3v) is 5.27. The fourth-order valence-corrected chi connectivity index (χ4v) is 3.94. The summed E-state index contributed by atoms with van der Waals surface area (Å²) in [6, 6.07) is 18.0. The summed E-state index contributed by atoms with van der Waals surface area (Å²) in [7, 11) is 0. The second-order valence-electron chi connectivity index (χ2n) is 6.25. The lowest BCUT2D eigenvalue weighted by Crippen LogP contribution is -2.13. The maximum atomic E-state index is 12.5. The van der Waals surface area contributed by atoms with Gasteiger partial charge in [-0.3, -0.25) is 4.79 Å². The van der Waals surface area contributed by atoms with Gasteiger partial charge in [0.05, 0.1) is 11.4 Å². The molecule has 5 heteroatoms. The number of benzene rings is 2. The normalized spacial score (nSPS) is 13.1. The van der Waals surface area contributed by atoms with Gasteiger partial charge in [-0.1, -0.05) is 48.0 Å². The Kier molecular flexibility index (Phi) is 4.63. The van der Waals surface area contributed by atoms with Gasteiger partial charge in [0.15, 0.2) is 0 Å². The van der Waals surface area contributed by atoms with Gasteiger partial charge >= 0.3 is 0 Å². The molecule has 0 unspecified atom stereocenters. The van der Waals surface area contributed by atoms with Crippen molar-refractivity contribution < 1.29 is 4.79 Å². The zero-order chi connectivity index (χ0) is 17.9. The van der Waals surface area contributed by atoms with E-state index in [1.54, 1.807) is 6.08 Å². The van der Waals surface area contributed by atoms with Gasteiger partial charge in [0.2, 0.25) is 5.91 Å². The lowest BCUT2D eigenvalue weighted by molar-refractivity contribution is -0.111. The summed E-state index contributed by atoms with van der Waals surface area (Å²) in [6.07, 6.45) is 3.38. The number of aryl methyl sites for hydroxylation is 1. The smallest absolute Gasteiger partial charge is 0.249 e. The number of anilines is 1. The van der Waals surface area contributed by atoms with E-state index in [1.165, 1.54) is 5.56 Å². The number of aromatic nitrogens is 2. The van der Waals surface area contributed by atoms with Crippen LogP contribution in [0.15, 0.2) is 60.7 Å². The summed E-state index contributed by atoms with van der Waals surface area (Å²) >= 11 is 1.82. The molecule has 26 heavy (non-hydrogen) atoms. The third-order valence-electron chi connectivity index (χ3n) is 4.30. The Bertz CT molecular complexity index is 959. The molecule has 0 spiro atoms. The van der Waals surface area contributed by atoms with Crippen molar-refractivity contribution in [2.45, 2.75) is 18.4 Å². The second kappa shape index (κ2) is 7.22. The van der Waals surface area contributed by atoms with E-state index in [9.17, 15) is 4.79 Å². The highest BCUT2D eigenvalue weighted by Crippen LogP contribution is 2.36. The highest BCUT2D eigenvalue weighted by Gasteiger charge is 2.24. The van der Waals surface area contributed by atoms with Crippen LogP contribution in [0.2, 0.25) is 0 Å². The zero-order valence-corrected chi connectivity index (χ0v) is 15.3. The first-order valence-electron chi connectivity index (χ1n) is 8.50. The van der Waals surface area contributed by atoms with Crippen LogP contribution in [0.4, 0.5) is 5.82 Å². The molecule has 0 saturated carbocycles. The first-order chi connectivity index (χ1) is 12.7. The van der Waals surface area contributed by atoms with Crippen LogP contribution in [0.5, 0.6) is 0 Å². The first kappa shape index (κ1) is 16.7. The SMILES string of the molecule is Cc1ccc(-n2nc3c(c2NC(=O)C=Cc2ccccc2)CSC3)cc1. The number of hydrogen-bond donors (Lipinski definition) is 1. The summed E-state index contributed by atoms with van der Waals surface area (Å²) in [6.45, 7) is 2.06. The van der Waals surface area contributed by atoms with Gasteiger partial charge < -0.3 is 5.32 Å². The Hall–Kier alpha value is -2.79. The van der Waals surface area contributed by atoms with E-state index in [0.717, 1.165) is 39.8 Å². The zero-order valence-electron chi connectivity index (χ0n) is 14.5. The molecule has 0 radical (unpaired) electrons. The lowest BCUT2D eigenvalue weighted by atomic mass is 10.2. The molecule has 1 amide bonds. The molecule has 2 heterocycles. The predicted molar refractivity (Wildman–Crippen MR) is 107 cm³/mol. The molecule has 1 aliphatic heterocycles. The van der Waals surface area contributed by atoms with Gasteiger partial charge in [-0.25, -0.2) is 4.68 Å². The van der Waals surface area contributed by atoms with E-state index in [-0.39, 0.29) is 5.91 Å². The fraction of sp³-hybridized carbons (Fsp3) is 0.143. The number of hydrogen-bond acceptors (Lipinski definition) is 3. The highest BCUT2D eigenvalue weighted by atomic mass is 32.2. The van der Waals surface area contributed by atoms with Crippen molar-refractivity contribution in [3.8, 4) is 5.69 Å². The third kappa shape index (κ3) is 3.44. The monoisotopic (exact) mass is 361 g/mol. The molecular weight excluding hydrogens is 342 g/mol. The minimum Gasteiger partial charge on any atom is -0.307 e. The van der Waals surface area contributed by atoms with Gasteiger partial charge in [0, 0.05) is 23.1 Å². The molecular formula is C21H19N3OS. The lowest BCUT2D eigenvalue weighted by Gasteiger charge is -2.10. The van der Waals surface area contributed by atoms with E-state index in [0.29, 0.717) is 0 Å². The molecule has 1 aliphatic rings. The highest BCUT2D eigenvalue weighted by molar-refractivity contribution is 7.98. The van der Waals surface area contributed by atoms with Crippen molar-refractivity contribution in [1.29, 1.82) is 0 Å². The van der Waals surface area contributed by atoms with Gasteiger partial charge in [-0.05, 0) is 30.7 Å². The number of carbonyl (C=O) groups excluding carboxylic acids is 1. The Morgan fingerprint density at radius 3 is 2.65 bits per heavy atom. The standard InChI is InChI=1S/C21H19N3OS/c1-15-7-10-17(11-8-15)24-21(18-13-26-14-19(18)23-24)22-20(25)12-9-16-5-3-2-4-6-16/h2-12H,13-14H2,1H3,(H,22,25). The summed E-state index contributed by atoms with van der Waals surface area (Å²) in [5.41, 5.74) is 5.32. The van der Waals surface area contributed by atoms with E-state index in [2.05, 4.69) is 24.4 Å². The average Bonchev–Trinajstić information content (AvgIpc) is 3.24. The average molecular weight is 361 g/mol. The Morgan fingerprint density at radius 1 is 1.12 bits per heavy atom. The molecule has 0 aliphatic carbocycles. The van der Waals surface area contributed by atoms with E-state index >= 15 is 0 Å². The number of fused-ring (bicyclic) bond motifs is 1. The van der Waals surface area contributed by atoms with Crippen LogP contribution in [0, 0.1) is 6.92 Å². The molecule has 0 fully saturated rings.